The highest BCUT2D eigenvalue weighted by Crippen LogP contribution is 2.19. The first-order valence-electron chi connectivity index (χ1n) is 7.82. The van der Waals surface area contributed by atoms with E-state index < -0.39 is 29.1 Å². The van der Waals surface area contributed by atoms with Crippen LogP contribution in [0.2, 0.25) is 0 Å². The zero-order valence-electron chi connectivity index (χ0n) is 14.3. The van der Waals surface area contributed by atoms with Gasteiger partial charge < -0.3 is 14.4 Å². The number of Topliss-reactive ketones (excluding diaryl/α,β-unsaturated/α-hetero) is 1. The van der Waals surface area contributed by atoms with Crippen LogP contribution in [0.25, 0.3) is 0 Å². The molecule has 1 aromatic heterocycles. The summed E-state index contributed by atoms with van der Waals surface area (Å²) in [4.78, 5) is 24.3. The number of ether oxygens (including phenoxy) is 1. The molecule has 8 heteroatoms. The van der Waals surface area contributed by atoms with Gasteiger partial charge in [0.1, 0.15) is 12.4 Å². The maximum Gasteiger partial charge on any atom is 0.286 e. The van der Waals surface area contributed by atoms with Gasteiger partial charge in [-0.1, -0.05) is 6.07 Å². The van der Waals surface area contributed by atoms with Crippen LogP contribution < -0.4 is 5.56 Å². The third-order valence-electron chi connectivity index (χ3n) is 3.76. The number of carbonyl (C=O) groups is 1. The predicted octanol–water partition coefficient (Wildman–Crippen LogP) is 2.44. The van der Waals surface area contributed by atoms with Gasteiger partial charge in [-0.3, -0.25) is 9.59 Å². The molecule has 0 aliphatic carbocycles. The second-order valence-corrected chi connectivity index (χ2v) is 7.16. The molecule has 5 nitrogen and oxygen atoms in total. The van der Waals surface area contributed by atoms with E-state index in [9.17, 15) is 23.5 Å². The van der Waals surface area contributed by atoms with Crippen LogP contribution in [0.4, 0.5) is 8.78 Å². The zero-order valence-corrected chi connectivity index (χ0v) is 16.4. The standard InChI is InChI=1S/C18H18F2INO4/c1-10(23)8-26-9-17(24)13-7-15(20)18(25)22(2)16(13)5-11-3-4-12(21)6-14(11)19/h3-4,6-7,10,23H,5,8-9H2,1-2H3/t10-/m0/s1. The normalized spacial score (nSPS) is 12.2. The molecule has 0 radical (unpaired) electrons. The summed E-state index contributed by atoms with van der Waals surface area (Å²) in [5, 5.41) is 9.18. The molecule has 2 rings (SSSR count). The molecule has 0 aliphatic rings. The number of hydrogen-bond donors (Lipinski definition) is 1. The Kier molecular flexibility index (Phi) is 7.01. The molecule has 0 aliphatic heterocycles. The Bertz CT molecular complexity index is 880. The number of aromatic nitrogens is 1. The fourth-order valence-corrected chi connectivity index (χ4v) is 2.89. The number of aliphatic hydroxyl groups is 1. The van der Waals surface area contributed by atoms with Gasteiger partial charge in [-0.2, -0.15) is 0 Å². The van der Waals surface area contributed by atoms with E-state index >= 15 is 0 Å². The molecule has 140 valence electrons. The van der Waals surface area contributed by atoms with Crippen LogP contribution in [0.3, 0.4) is 0 Å². The summed E-state index contributed by atoms with van der Waals surface area (Å²) in [5.74, 6) is -2.10. The highest BCUT2D eigenvalue weighted by atomic mass is 127. The summed E-state index contributed by atoms with van der Waals surface area (Å²) in [7, 11) is 1.33. The summed E-state index contributed by atoms with van der Waals surface area (Å²) >= 11 is 1.97. The van der Waals surface area contributed by atoms with Crippen molar-refractivity contribution in [1.82, 2.24) is 4.57 Å². The lowest BCUT2D eigenvalue weighted by molar-refractivity contribution is 0.0423. The van der Waals surface area contributed by atoms with Gasteiger partial charge in [-0.25, -0.2) is 8.78 Å². The summed E-state index contributed by atoms with van der Waals surface area (Å²) < 4.78 is 34.8. The first-order valence-corrected chi connectivity index (χ1v) is 8.90. The second-order valence-electron chi connectivity index (χ2n) is 5.92. The number of aliphatic hydroxyl groups excluding tert-OH is 1. The van der Waals surface area contributed by atoms with Crippen molar-refractivity contribution in [2.24, 2.45) is 7.05 Å². The van der Waals surface area contributed by atoms with Crippen molar-refractivity contribution in [1.29, 1.82) is 0 Å². The van der Waals surface area contributed by atoms with Crippen LogP contribution in [0.15, 0.2) is 29.1 Å². The summed E-state index contributed by atoms with van der Waals surface area (Å²) in [6.45, 7) is 1.06. The molecule has 2 aromatic rings. The van der Waals surface area contributed by atoms with E-state index in [1.54, 1.807) is 12.1 Å². The Balaban J connectivity index is 2.41. The average Bonchev–Trinajstić information content (AvgIpc) is 2.56. The fraction of sp³-hybridized carbons (Fsp3) is 0.333. The predicted molar refractivity (Wildman–Crippen MR) is 100 cm³/mol. The molecule has 0 saturated carbocycles. The number of pyridine rings is 1. The van der Waals surface area contributed by atoms with E-state index in [0.29, 0.717) is 3.57 Å². The third kappa shape index (κ3) is 4.95. The van der Waals surface area contributed by atoms with Crippen molar-refractivity contribution < 1.29 is 23.4 Å². The van der Waals surface area contributed by atoms with Gasteiger partial charge in [0, 0.05) is 28.3 Å². The lowest BCUT2D eigenvalue weighted by Crippen LogP contribution is -2.28. The summed E-state index contributed by atoms with van der Waals surface area (Å²) in [5.41, 5.74) is -0.464. The van der Waals surface area contributed by atoms with Gasteiger partial charge >= 0.3 is 0 Å². The molecular weight excluding hydrogens is 459 g/mol. The molecule has 26 heavy (non-hydrogen) atoms. The van der Waals surface area contributed by atoms with Gasteiger partial charge in [-0.05, 0) is 53.3 Å². The molecule has 1 N–H and O–H groups in total. The van der Waals surface area contributed by atoms with Crippen LogP contribution in [-0.2, 0) is 18.2 Å². The van der Waals surface area contributed by atoms with Crippen LogP contribution in [0, 0.1) is 15.2 Å². The number of rotatable bonds is 7. The fourth-order valence-electron chi connectivity index (χ4n) is 2.44. The van der Waals surface area contributed by atoms with E-state index in [-0.39, 0.29) is 36.5 Å². The highest BCUT2D eigenvalue weighted by molar-refractivity contribution is 14.1. The van der Waals surface area contributed by atoms with Crippen LogP contribution >= 0.6 is 22.6 Å². The van der Waals surface area contributed by atoms with Gasteiger partial charge in [0.25, 0.3) is 5.56 Å². The van der Waals surface area contributed by atoms with Crippen molar-refractivity contribution in [3.05, 3.63) is 66.6 Å². The molecule has 1 heterocycles. The molecule has 0 spiro atoms. The van der Waals surface area contributed by atoms with E-state index in [1.807, 2.05) is 22.6 Å². The minimum Gasteiger partial charge on any atom is -0.391 e. The topological polar surface area (TPSA) is 68.5 Å². The van der Waals surface area contributed by atoms with Crippen molar-refractivity contribution in [2.45, 2.75) is 19.4 Å². The van der Waals surface area contributed by atoms with E-state index in [4.69, 9.17) is 4.74 Å². The van der Waals surface area contributed by atoms with Crippen molar-refractivity contribution in [2.75, 3.05) is 13.2 Å². The third-order valence-corrected chi connectivity index (χ3v) is 4.43. The zero-order chi connectivity index (χ0) is 19.4. The van der Waals surface area contributed by atoms with E-state index in [0.717, 1.165) is 10.6 Å². The van der Waals surface area contributed by atoms with Gasteiger partial charge in [-0.15, -0.1) is 0 Å². The minimum absolute atomic E-state index is 0.0480. The maximum atomic E-state index is 14.2. The van der Waals surface area contributed by atoms with E-state index in [2.05, 4.69) is 0 Å². The first kappa shape index (κ1) is 20.7. The number of nitrogens with zero attached hydrogens (tertiary/aromatic N) is 1. The van der Waals surface area contributed by atoms with Gasteiger partial charge in [0.2, 0.25) is 0 Å². The molecule has 1 atom stereocenters. The number of hydrogen-bond acceptors (Lipinski definition) is 4. The molecule has 0 amide bonds. The summed E-state index contributed by atoms with van der Waals surface area (Å²) in [6, 6.07) is 5.46. The monoisotopic (exact) mass is 477 g/mol. The van der Waals surface area contributed by atoms with Crippen LogP contribution in [0.5, 0.6) is 0 Å². The quantitative estimate of drug-likeness (QED) is 0.492. The molecule has 0 saturated heterocycles. The Morgan fingerprint density at radius 1 is 1.31 bits per heavy atom. The molecule has 0 unspecified atom stereocenters. The Morgan fingerprint density at radius 2 is 2.00 bits per heavy atom. The summed E-state index contributed by atoms with van der Waals surface area (Å²) in [6.07, 6.45) is -0.799. The van der Waals surface area contributed by atoms with Crippen LogP contribution in [-0.4, -0.2) is 34.8 Å². The Morgan fingerprint density at radius 3 is 2.62 bits per heavy atom. The van der Waals surface area contributed by atoms with Gasteiger partial charge in [0.05, 0.1) is 12.7 Å². The number of halogens is 3. The molecule has 0 bridgehead atoms. The molecule has 1 aromatic carbocycles. The number of benzene rings is 1. The highest BCUT2D eigenvalue weighted by Gasteiger charge is 2.20. The Hall–Kier alpha value is -1.65. The lowest BCUT2D eigenvalue weighted by Gasteiger charge is -2.15. The van der Waals surface area contributed by atoms with Gasteiger partial charge in [0.15, 0.2) is 11.6 Å². The molecule has 0 fully saturated rings. The van der Waals surface area contributed by atoms with E-state index in [1.165, 1.54) is 20.0 Å². The van der Waals surface area contributed by atoms with Crippen LogP contribution in [0.1, 0.15) is 28.5 Å². The van der Waals surface area contributed by atoms with Crippen molar-refractivity contribution >= 4 is 28.4 Å². The number of ketones is 1. The maximum absolute atomic E-state index is 14.2. The molecular formula is C18H18F2INO4. The van der Waals surface area contributed by atoms with Crippen molar-refractivity contribution in [3.8, 4) is 0 Å². The smallest absolute Gasteiger partial charge is 0.286 e. The second kappa shape index (κ2) is 8.83. The largest absolute Gasteiger partial charge is 0.391 e. The average molecular weight is 477 g/mol. The number of carbonyl (C=O) groups excluding carboxylic acids is 1. The Labute approximate surface area is 162 Å². The lowest BCUT2D eigenvalue weighted by atomic mass is 10.0. The first-order chi connectivity index (χ1) is 12.2. The van der Waals surface area contributed by atoms with Crippen molar-refractivity contribution in [3.63, 3.8) is 0 Å². The minimum atomic E-state index is -1.07. The SMILES string of the molecule is C[C@H](O)COCC(=O)c1cc(F)c(=O)n(C)c1Cc1ccc(I)cc1F.